The number of halogens is 2. The summed E-state index contributed by atoms with van der Waals surface area (Å²) in [5.74, 6) is 2.24. The van der Waals surface area contributed by atoms with Crippen LogP contribution in [0.4, 0.5) is 0 Å². The number of hydrogen-bond acceptors (Lipinski definition) is 3. The number of aryl methyl sites for hydroxylation is 1. The number of hydrogen-bond donors (Lipinski definition) is 1. The van der Waals surface area contributed by atoms with Gasteiger partial charge in [0.25, 0.3) is 5.91 Å². The van der Waals surface area contributed by atoms with E-state index >= 15 is 0 Å². The quantitative estimate of drug-likeness (QED) is 0.884. The molecule has 0 bridgehead atoms. The molecule has 0 radical (unpaired) electrons. The number of carbonyl (C=O) groups is 1. The van der Waals surface area contributed by atoms with Crippen LogP contribution < -0.4 is 10.1 Å². The minimum Gasteiger partial charge on any atom is -0.481 e. The van der Waals surface area contributed by atoms with Gasteiger partial charge in [-0.25, -0.2) is 0 Å². The highest BCUT2D eigenvalue weighted by Crippen LogP contribution is 2.28. The molecule has 2 heterocycles. The molecule has 2 aliphatic rings. The van der Waals surface area contributed by atoms with Gasteiger partial charge in [0.05, 0.1) is 0 Å². The summed E-state index contributed by atoms with van der Waals surface area (Å²) in [5.41, 5.74) is 0.957. The van der Waals surface area contributed by atoms with Gasteiger partial charge in [0, 0.05) is 18.1 Å². The van der Waals surface area contributed by atoms with Crippen LogP contribution in [0.5, 0.6) is 5.75 Å². The van der Waals surface area contributed by atoms with Gasteiger partial charge in [0.2, 0.25) is 0 Å². The van der Waals surface area contributed by atoms with E-state index in [0.29, 0.717) is 10.8 Å². The highest BCUT2D eigenvalue weighted by Gasteiger charge is 2.32. The van der Waals surface area contributed by atoms with E-state index in [9.17, 15) is 4.79 Å². The molecule has 2 saturated heterocycles. The zero-order valence-corrected chi connectivity index (χ0v) is 15.8. The molecule has 1 amide bonds. The van der Waals surface area contributed by atoms with Gasteiger partial charge in [-0.15, -0.1) is 12.4 Å². The summed E-state index contributed by atoms with van der Waals surface area (Å²) in [6.07, 6.45) is 1.72. The van der Waals surface area contributed by atoms with Crippen LogP contribution in [0.2, 0.25) is 5.02 Å². The van der Waals surface area contributed by atoms with Crippen LogP contribution in [0.25, 0.3) is 0 Å². The molecule has 3 atom stereocenters. The Morgan fingerprint density at radius 2 is 1.92 bits per heavy atom. The first-order chi connectivity index (χ1) is 11.0. The SMILES string of the molecule is Cc1cc(OC(C)C(=O)N2CC[C@@H]3CNC[C@@H]3CC2)ccc1Cl.Cl. The van der Waals surface area contributed by atoms with Crippen LogP contribution in [0.3, 0.4) is 0 Å². The first-order valence-electron chi connectivity index (χ1n) is 8.47. The topological polar surface area (TPSA) is 41.6 Å². The zero-order chi connectivity index (χ0) is 16.4. The smallest absolute Gasteiger partial charge is 0.263 e. The minimum absolute atomic E-state index is 0. The third-order valence-corrected chi connectivity index (χ3v) is 5.55. The first kappa shape index (κ1) is 19.4. The maximum atomic E-state index is 12.7. The fourth-order valence-electron chi connectivity index (χ4n) is 3.64. The molecule has 24 heavy (non-hydrogen) atoms. The van der Waals surface area contributed by atoms with Crippen molar-refractivity contribution in [1.29, 1.82) is 0 Å². The summed E-state index contributed by atoms with van der Waals surface area (Å²) >= 11 is 6.03. The van der Waals surface area contributed by atoms with Crippen LogP contribution in [-0.4, -0.2) is 43.1 Å². The van der Waals surface area contributed by atoms with Crippen LogP contribution in [-0.2, 0) is 4.79 Å². The van der Waals surface area contributed by atoms with Crippen molar-refractivity contribution in [2.24, 2.45) is 11.8 Å². The molecule has 1 aromatic carbocycles. The van der Waals surface area contributed by atoms with E-state index < -0.39 is 6.10 Å². The highest BCUT2D eigenvalue weighted by molar-refractivity contribution is 6.31. The third-order valence-electron chi connectivity index (χ3n) is 5.12. The molecule has 4 nitrogen and oxygen atoms in total. The fourth-order valence-corrected chi connectivity index (χ4v) is 3.76. The summed E-state index contributed by atoms with van der Waals surface area (Å²) in [4.78, 5) is 14.7. The minimum atomic E-state index is -0.466. The van der Waals surface area contributed by atoms with Gasteiger partial charge in [0.15, 0.2) is 6.10 Å². The number of amides is 1. The molecule has 0 spiro atoms. The number of ether oxygens (including phenoxy) is 1. The van der Waals surface area contributed by atoms with E-state index in [2.05, 4.69) is 5.32 Å². The van der Waals surface area contributed by atoms with Crippen molar-refractivity contribution in [2.75, 3.05) is 26.2 Å². The molecule has 6 heteroatoms. The Morgan fingerprint density at radius 1 is 1.29 bits per heavy atom. The molecular weight excluding hydrogens is 347 g/mol. The van der Waals surface area contributed by atoms with Crippen LogP contribution in [0, 0.1) is 18.8 Å². The Kier molecular flexibility index (Phi) is 6.79. The van der Waals surface area contributed by atoms with Crippen molar-refractivity contribution < 1.29 is 9.53 Å². The summed E-state index contributed by atoms with van der Waals surface area (Å²) < 4.78 is 5.84. The Hall–Kier alpha value is -0.970. The highest BCUT2D eigenvalue weighted by atomic mass is 35.5. The number of nitrogens with one attached hydrogen (secondary N) is 1. The van der Waals surface area contributed by atoms with Gasteiger partial charge in [0.1, 0.15) is 5.75 Å². The lowest BCUT2D eigenvalue weighted by molar-refractivity contribution is -0.137. The summed E-state index contributed by atoms with van der Waals surface area (Å²) in [6.45, 7) is 7.65. The maximum Gasteiger partial charge on any atom is 0.263 e. The van der Waals surface area contributed by atoms with Crippen LogP contribution >= 0.6 is 24.0 Å². The van der Waals surface area contributed by atoms with Crippen molar-refractivity contribution >= 4 is 29.9 Å². The monoisotopic (exact) mass is 372 g/mol. The first-order valence-corrected chi connectivity index (χ1v) is 8.84. The molecule has 134 valence electrons. The number of likely N-dealkylation sites (tertiary alicyclic amines) is 1. The average Bonchev–Trinajstić information content (AvgIpc) is 2.89. The molecule has 1 N–H and O–H groups in total. The van der Waals surface area contributed by atoms with Crippen molar-refractivity contribution in [2.45, 2.75) is 32.8 Å². The van der Waals surface area contributed by atoms with Crippen molar-refractivity contribution in [1.82, 2.24) is 10.2 Å². The molecule has 2 aliphatic heterocycles. The molecule has 0 aromatic heterocycles. The lowest BCUT2D eigenvalue weighted by Gasteiger charge is -2.25. The normalized spacial score (nSPS) is 24.5. The largest absolute Gasteiger partial charge is 0.481 e. The number of carbonyl (C=O) groups excluding carboxylic acids is 1. The van der Waals surface area contributed by atoms with Gasteiger partial charge >= 0.3 is 0 Å². The molecule has 3 rings (SSSR count). The van der Waals surface area contributed by atoms with Crippen LogP contribution in [0.1, 0.15) is 25.3 Å². The second kappa shape index (κ2) is 8.41. The fraction of sp³-hybridized carbons (Fsp3) is 0.611. The second-order valence-electron chi connectivity index (χ2n) is 6.75. The van der Waals surface area contributed by atoms with Crippen LogP contribution in [0.15, 0.2) is 18.2 Å². The summed E-state index contributed by atoms with van der Waals surface area (Å²) in [5, 5.41) is 4.17. The van der Waals surface area contributed by atoms with Gasteiger partial charge in [-0.05, 0) is 75.4 Å². The summed E-state index contributed by atoms with van der Waals surface area (Å²) in [6, 6.07) is 5.51. The Morgan fingerprint density at radius 3 is 2.50 bits per heavy atom. The van der Waals surface area contributed by atoms with Gasteiger partial charge < -0.3 is 15.0 Å². The average molecular weight is 373 g/mol. The molecular formula is C18H26Cl2N2O2. The predicted molar refractivity (Wildman–Crippen MR) is 99.2 cm³/mol. The predicted octanol–water partition coefficient (Wildman–Crippen LogP) is 3.30. The van der Waals surface area contributed by atoms with Gasteiger partial charge in [-0.2, -0.15) is 0 Å². The van der Waals surface area contributed by atoms with E-state index in [0.717, 1.165) is 56.4 Å². The van der Waals surface area contributed by atoms with E-state index in [4.69, 9.17) is 16.3 Å². The molecule has 0 aliphatic carbocycles. The Labute approximate surface area is 155 Å². The van der Waals surface area contributed by atoms with E-state index in [1.54, 1.807) is 0 Å². The molecule has 2 fully saturated rings. The van der Waals surface area contributed by atoms with Crippen molar-refractivity contribution in [3.05, 3.63) is 28.8 Å². The van der Waals surface area contributed by atoms with Crippen molar-refractivity contribution in [3.8, 4) is 5.75 Å². The Bertz CT molecular complexity index is 568. The number of fused-ring (bicyclic) bond motifs is 1. The molecule has 1 aromatic rings. The number of nitrogens with zero attached hydrogens (tertiary/aromatic N) is 1. The third kappa shape index (κ3) is 4.35. The molecule has 1 unspecified atom stereocenters. The van der Waals surface area contributed by atoms with Crippen molar-refractivity contribution in [3.63, 3.8) is 0 Å². The van der Waals surface area contributed by atoms with Gasteiger partial charge in [-0.1, -0.05) is 11.6 Å². The maximum absolute atomic E-state index is 12.7. The van der Waals surface area contributed by atoms with E-state index in [1.165, 1.54) is 0 Å². The lowest BCUT2D eigenvalue weighted by Crippen LogP contribution is -2.41. The molecule has 0 saturated carbocycles. The van der Waals surface area contributed by atoms with E-state index in [1.807, 2.05) is 36.9 Å². The Balaban J connectivity index is 0.00000208. The number of rotatable bonds is 3. The van der Waals surface area contributed by atoms with E-state index in [-0.39, 0.29) is 18.3 Å². The summed E-state index contributed by atoms with van der Waals surface area (Å²) in [7, 11) is 0. The number of benzene rings is 1. The standard InChI is InChI=1S/C18H25ClN2O2.ClH/c1-12-9-16(3-4-17(12)19)23-13(2)18(22)21-7-5-14-10-20-11-15(14)6-8-21;/h3-4,9,13-15,20H,5-8,10-11H2,1-2H3;1H/t13?,14-,15+;. The zero-order valence-electron chi connectivity index (χ0n) is 14.3. The second-order valence-corrected chi connectivity index (χ2v) is 7.16. The lowest BCUT2D eigenvalue weighted by atomic mass is 9.92. The van der Waals surface area contributed by atoms with Gasteiger partial charge in [-0.3, -0.25) is 4.79 Å².